The first-order chi connectivity index (χ1) is 16.8. The number of aliphatic hydroxyl groups excluding tert-OH is 1. The number of Topliss-reactive ketones (excluding diaryl/α,β-unsaturated/α-hetero) is 1. The minimum absolute atomic E-state index is 0. The molecule has 7 nitrogen and oxygen atoms in total. The van der Waals surface area contributed by atoms with E-state index in [9.17, 15) is 19.1 Å². The van der Waals surface area contributed by atoms with Crippen LogP contribution in [0.5, 0.6) is 5.75 Å². The topological polar surface area (TPSA) is 79.3 Å². The van der Waals surface area contributed by atoms with Crippen molar-refractivity contribution >= 4 is 29.9 Å². The smallest absolute Gasteiger partial charge is 0.295 e. The molecular weight excluding hydrogens is 487 g/mol. The van der Waals surface area contributed by atoms with Crippen molar-refractivity contribution in [2.24, 2.45) is 5.92 Å². The molecule has 1 N–H and O–H groups in total. The molecular formula is C27H32ClFN2O5. The van der Waals surface area contributed by atoms with Gasteiger partial charge in [-0.1, -0.05) is 26.0 Å². The van der Waals surface area contributed by atoms with Crippen molar-refractivity contribution in [2.45, 2.75) is 19.9 Å². The van der Waals surface area contributed by atoms with E-state index in [0.29, 0.717) is 55.7 Å². The molecule has 2 aromatic carbocycles. The molecule has 0 aromatic heterocycles. The molecule has 0 saturated carbocycles. The summed E-state index contributed by atoms with van der Waals surface area (Å²) in [5, 5.41) is 11.2. The van der Waals surface area contributed by atoms with E-state index < -0.39 is 23.5 Å². The highest BCUT2D eigenvalue weighted by Gasteiger charge is 2.46. The fourth-order valence-corrected chi connectivity index (χ4v) is 4.30. The lowest BCUT2D eigenvalue weighted by molar-refractivity contribution is -0.140. The lowest BCUT2D eigenvalue weighted by atomic mass is 9.95. The molecule has 0 bridgehead atoms. The second kappa shape index (κ2) is 12.3. The van der Waals surface area contributed by atoms with Gasteiger partial charge in [0.05, 0.1) is 31.4 Å². The number of ketones is 1. The Balaban J connectivity index is 0.00000361. The van der Waals surface area contributed by atoms with Crippen LogP contribution in [0.15, 0.2) is 54.1 Å². The van der Waals surface area contributed by atoms with Crippen LogP contribution in [0.25, 0.3) is 5.76 Å². The molecule has 194 valence electrons. The number of likely N-dealkylation sites (tertiary alicyclic amines) is 1. The van der Waals surface area contributed by atoms with Gasteiger partial charge in [-0.05, 0) is 47.9 Å². The van der Waals surface area contributed by atoms with Crippen molar-refractivity contribution < 1.29 is 28.6 Å². The van der Waals surface area contributed by atoms with E-state index in [1.807, 2.05) is 13.8 Å². The Bertz CT molecular complexity index is 1080. The van der Waals surface area contributed by atoms with Gasteiger partial charge in [0.25, 0.3) is 11.7 Å². The minimum atomic E-state index is -0.812. The summed E-state index contributed by atoms with van der Waals surface area (Å²) in [7, 11) is 0. The van der Waals surface area contributed by atoms with Crippen molar-refractivity contribution in [1.29, 1.82) is 0 Å². The summed E-state index contributed by atoms with van der Waals surface area (Å²) >= 11 is 0. The van der Waals surface area contributed by atoms with Gasteiger partial charge in [-0.25, -0.2) is 4.39 Å². The molecule has 9 heteroatoms. The summed E-state index contributed by atoms with van der Waals surface area (Å²) in [5.74, 6) is -1.09. The molecule has 0 radical (unpaired) electrons. The highest BCUT2D eigenvalue weighted by molar-refractivity contribution is 6.46. The Labute approximate surface area is 216 Å². The van der Waals surface area contributed by atoms with Gasteiger partial charge in [-0.3, -0.25) is 14.5 Å². The van der Waals surface area contributed by atoms with Gasteiger partial charge in [-0.15, -0.1) is 12.4 Å². The van der Waals surface area contributed by atoms with Crippen LogP contribution in [0.3, 0.4) is 0 Å². The molecule has 2 aliphatic rings. The number of nitrogens with zero attached hydrogens (tertiary/aromatic N) is 2. The molecule has 0 aliphatic carbocycles. The zero-order valence-corrected chi connectivity index (χ0v) is 21.3. The lowest BCUT2D eigenvalue weighted by Gasteiger charge is -2.31. The number of carbonyl (C=O) groups excluding carboxylic acids is 2. The standard InChI is InChI=1S/C27H31FN2O5.ClH/c1-18(2)17-35-22-9-5-20(6-10-22)25(31)23-24(19-3-7-21(28)8-4-19)30(27(33)26(23)32)12-11-29-13-15-34-16-14-29;/h3-10,18,24,31H,11-17H2,1-2H3;1H. The van der Waals surface area contributed by atoms with E-state index in [4.69, 9.17) is 9.47 Å². The third-order valence-corrected chi connectivity index (χ3v) is 6.20. The molecule has 2 fully saturated rings. The molecule has 0 spiro atoms. The maximum absolute atomic E-state index is 13.6. The first-order valence-corrected chi connectivity index (χ1v) is 11.9. The van der Waals surface area contributed by atoms with E-state index in [1.54, 1.807) is 36.4 Å². The fraction of sp³-hybridized carbons (Fsp3) is 0.407. The number of halogens is 2. The van der Waals surface area contributed by atoms with E-state index in [-0.39, 0.29) is 23.7 Å². The zero-order valence-electron chi connectivity index (χ0n) is 20.5. The Hall–Kier alpha value is -2.94. The third kappa shape index (κ3) is 6.24. The zero-order chi connectivity index (χ0) is 24.9. The highest BCUT2D eigenvalue weighted by Crippen LogP contribution is 2.39. The molecule has 2 aliphatic heterocycles. The van der Waals surface area contributed by atoms with Gasteiger partial charge < -0.3 is 19.5 Å². The van der Waals surface area contributed by atoms with Crippen LogP contribution in [-0.2, 0) is 14.3 Å². The van der Waals surface area contributed by atoms with E-state index in [1.165, 1.54) is 17.0 Å². The number of ether oxygens (including phenoxy) is 2. The summed E-state index contributed by atoms with van der Waals surface area (Å²) < 4.78 is 24.7. The predicted octanol–water partition coefficient (Wildman–Crippen LogP) is 4.04. The Morgan fingerprint density at radius 3 is 2.31 bits per heavy atom. The summed E-state index contributed by atoms with van der Waals surface area (Å²) in [6.45, 7) is 8.26. The Morgan fingerprint density at radius 2 is 1.69 bits per heavy atom. The summed E-state index contributed by atoms with van der Waals surface area (Å²) in [4.78, 5) is 29.8. The molecule has 2 aromatic rings. The van der Waals surface area contributed by atoms with E-state index >= 15 is 0 Å². The average molecular weight is 519 g/mol. The highest BCUT2D eigenvalue weighted by atomic mass is 35.5. The first-order valence-electron chi connectivity index (χ1n) is 11.9. The molecule has 1 atom stereocenters. The van der Waals surface area contributed by atoms with Crippen molar-refractivity contribution in [3.8, 4) is 5.75 Å². The van der Waals surface area contributed by atoms with Gasteiger partial charge >= 0.3 is 0 Å². The number of morpholine rings is 1. The number of aliphatic hydroxyl groups is 1. The summed E-state index contributed by atoms with van der Waals surface area (Å²) in [6, 6.07) is 11.6. The summed E-state index contributed by atoms with van der Waals surface area (Å²) in [6.07, 6.45) is 0. The van der Waals surface area contributed by atoms with Crippen LogP contribution in [0.1, 0.15) is 31.0 Å². The molecule has 1 amide bonds. The second-order valence-corrected chi connectivity index (χ2v) is 9.23. The normalized spacial score (nSPS) is 20.0. The van der Waals surface area contributed by atoms with Crippen molar-refractivity contribution in [3.63, 3.8) is 0 Å². The molecule has 36 heavy (non-hydrogen) atoms. The second-order valence-electron chi connectivity index (χ2n) is 9.23. The number of hydrogen-bond acceptors (Lipinski definition) is 6. The predicted molar refractivity (Wildman–Crippen MR) is 137 cm³/mol. The van der Waals surface area contributed by atoms with E-state index in [2.05, 4.69) is 4.90 Å². The maximum atomic E-state index is 13.6. The van der Waals surface area contributed by atoms with Crippen LogP contribution in [0.4, 0.5) is 4.39 Å². The van der Waals surface area contributed by atoms with Gasteiger partial charge in [-0.2, -0.15) is 0 Å². The number of benzene rings is 2. The third-order valence-electron chi connectivity index (χ3n) is 6.20. The van der Waals surface area contributed by atoms with Crippen molar-refractivity contribution in [1.82, 2.24) is 9.80 Å². The van der Waals surface area contributed by atoms with Crippen LogP contribution < -0.4 is 4.74 Å². The number of hydrogen-bond donors (Lipinski definition) is 1. The van der Waals surface area contributed by atoms with Gasteiger partial charge in [0.2, 0.25) is 0 Å². The van der Waals surface area contributed by atoms with Gasteiger partial charge in [0.1, 0.15) is 17.3 Å². The Morgan fingerprint density at radius 1 is 1.06 bits per heavy atom. The maximum Gasteiger partial charge on any atom is 0.295 e. The van der Waals surface area contributed by atoms with Crippen molar-refractivity contribution in [2.75, 3.05) is 46.0 Å². The SMILES string of the molecule is CC(C)COc1ccc(C(O)=C2C(=O)C(=O)N(CCN3CCOCC3)C2c2ccc(F)cc2)cc1.Cl. The van der Waals surface area contributed by atoms with Gasteiger partial charge in [0.15, 0.2) is 0 Å². The number of rotatable bonds is 8. The molecule has 2 saturated heterocycles. The fourth-order valence-electron chi connectivity index (χ4n) is 4.30. The van der Waals surface area contributed by atoms with Crippen LogP contribution in [0, 0.1) is 11.7 Å². The first kappa shape index (κ1) is 27.6. The molecule has 1 unspecified atom stereocenters. The number of carbonyl (C=O) groups is 2. The Kier molecular flexibility index (Phi) is 9.48. The average Bonchev–Trinajstić information content (AvgIpc) is 3.12. The monoisotopic (exact) mass is 518 g/mol. The largest absolute Gasteiger partial charge is 0.507 e. The van der Waals surface area contributed by atoms with Gasteiger partial charge in [0, 0.05) is 31.7 Å². The lowest BCUT2D eigenvalue weighted by Crippen LogP contribution is -2.42. The minimum Gasteiger partial charge on any atom is -0.507 e. The van der Waals surface area contributed by atoms with E-state index in [0.717, 1.165) is 13.1 Å². The summed E-state index contributed by atoms with van der Waals surface area (Å²) in [5.41, 5.74) is 0.964. The van der Waals surface area contributed by atoms with Crippen LogP contribution >= 0.6 is 12.4 Å². The number of amides is 1. The van der Waals surface area contributed by atoms with Crippen molar-refractivity contribution in [3.05, 3.63) is 71.0 Å². The molecule has 2 heterocycles. The molecule has 4 rings (SSSR count). The van der Waals surface area contributed by atoms with Crippen LogP contribution in [0.2, 0.25) is 0 Å². The quantitative estimate of drug-likeness (QED) is 0.323. The van der Waals surface area contributed by atoms with Crippen LogP contribution in [-0.4, -0.2) is 72.6 Å².